The maximum absolute atomic E-state index is 10.9. The number of halogens is 2. The first-order valence-electron chi connectivity index (χ1n) is 2.90. The highest BCUT2D eigenvalue weighted by atomic mass is 35.5. The Bertz CT molecular complexity index is 179. The normalized spacial score (nSPS) is 35.2. The fourth-order valence-corrected chi connectivity index (χ4v) is 1.54. The predicted octanol–water partition coefficient (Wildman–Crippen LogP) is 1.74. The van der Waals surface area contributed by atoms with E-state index in [0.717, 1.165) is 0 Å². The smallest absolute Gasteiger partial charge is 0.314 e. The van der Waals surface area contributed by atoms with E-state index in [1.807, 2.05) is 0 Å². The number of alkyl halides is 2. The zero-order valence-corrected chi connectivity index (χ0v) is 7.29. The fourth-order valence-electron chi connectivity index (χ4n) is 0.847. The molecule has 0 aromatic carbocycles. The summed E-state index contributed by atoms with van der Waals surface area (Å²) in [6.45, 7) is 1.69. The quantitative estimate of drug-likeness (QED) is 0.457. The molecule has 1 saturated carbocycles. The molecule has 0 spiro atoms. The van der Waals surface area contributed by atoms with E-state index in [9.17, 15) is 4.79 Å². The second kappa shape index (κ2) is 2.02. The third kappa shape index (κ3) is 0.903. The van der Waals surface area contributed by atoms with Gasteiger partial charge in [-0.1, -0.05) is 0 Å². The zero-order chi connectivity index (χ0) is 7.99. The molecular weight excluding hydrogens is 175 g/mol. The molecule has 1 fully saturated rings. The number of ether oxygens (including phenoxy) is 1. The summed E-state index contributed by atoms with van der Waals surface area (Å²) < 4.78 is 3.60. The van der Waals surface area contributed by atoms with Gasteiger partial charge in [0.15, 0.2) is 0 Å². The van der Waals surface area contributed by atoms with Crippen LogP contribution in [0.15, 0.2) is 0 Å². The number of hydrogen-bond donors (Lipinski definition) is 0. The Hall–Kier alpha value is 0.0500. The topological polar surface area (TPSA) is 26.3 Å². The molecule has 0 aromatic rings. The number of carbonyl (C=O) groups is 1. The molecule has 0 bridgehead atoms. The van der Waals surface area contributed by atoms with Gasteiger partial charge in [-0.3, -0.25) is 4.79 Å². The highest BCUT2D eigenvalue weighted by Gasteiger charge is 2.68. The van der Waals surface area contributed by atoms with Crippen LogP contribution < -0.4 is 0 Å². The third-order valence-electron chi connectivity index (χ3n) is 1.89. The maximum Gasteiger partial charge on any atom is 0.314 e. The molecule has 2 nitrogen and oxygen atoms in total. The van der Waals surface area contributed by atoms with Gasteiger partial charge in [0.1, 0.15) is 9.75 Å². The molecule has 4 heteroatoms. The zero-order valence-electron chi connectivity index (χ0n) is 5.78. The Labute approximate surface area is 69.4 Å². The maximum atomic E-state index is 10.9. The van der Waals surface area contributed by atoms with Gasteiger partial charge in [-0.2, -0.15) is 0 Å². The minimum atomic E-state index is -0.903. The van der Waals surface area contributed by atoms with Crippen LogP contribution in [-0.4, -0.2) is 17.4 Å². The molecule has 10 heavy (non-hydrogen) atoms. The molecule has 1 aliphatic carbocycles. The SMILES string of the molecule is COC(=O)C1(C)CC1(Cl)Cl. The molecule has 58 valence electrons. The van der Waals surface area contributed by atoms with Crippen molar-refractivity contribution in [1.82, 2.24) is 0 Å². The summed E-state index contributed by atoms with van der Waals surface area (Å²) >= 11 is 11.4. The van der Waals surface area contributed by atoms with Crippen molar-refractivity contribution in [3.8, 4) is 0 Å². The Morgan fingerprint density at radius 3 is 2.10 bits per heavy atom. The van der Waals surface area contributed by atoms with Crippen molar-refractivity contribution >= 4 is 29.2 Å². The van der Waals surface area contributed by atoms with Crippen molar-refractivity contribution in [3.63, 3.8) is 0 Å². The molecule has 1 atom stereocenters. The van der Waals surface area contributed by atoms with Crippen LogP contribution in [0.25, 0.3) is 0 Å². The lowest BCUT2D eigenvalue weighted by molar-refractivity contribution is -0.146. The Morgan fingerprint density at radius 2 is 2.00 bits per heavy atom. The van der Waals surface area contributed by atoms with Gasteiger partial charge in [0, 0.05) is 6.42 Å². The first-order valence-corrected chi connectivity index (χ1v) is 3.66. The Morgan fingerprint density at radius 1 is 1.60 bits per heavy atom. The van der Waals surface area contributed by atoms with Crippen molar-refractivity contribution in [2.45, 2.75) is 17.7 Å². The first kappa shape index (κ1) is 8.15. The van der Waals surface area contributed by atoms with Gasteiger partial charge in [0.25, 0.3) is 0 Å². The lowest BCUT2D eigenvalue weighted by Crippen LogP contribution is -2.19. The second-order valence-electron chi connectivity index (χ2n) is 2.70. The van der Waals surface area contributed by atoms with Crippen LogP contribution in [0.2, 0.25) is 0 Å². The van der Waals surface area contributed by atoms with Crippen molar-refractivity contribution < 1.29 is 9.53 Å². The van der Waals surface area contributed by atoms with Gasteiger partial charge < -0.3 is 4.74 Å². The van der Waals surface area contributed by atoms with E-state index in [0.29, 0.717) is 6.42 Å². The van der Waals surface area contributed by atoms with Crippen LogP contribution in [0, 0.1) is 5.41 Å². The van der Waals surface area contributed by atoms with Crippen molar-refractivity contribution in [2.75, 3.05) is 7.11 Å². The lowest BCUT2D eigenvalue weighted by Gasteiger charge is -2.07. The number of hydrogen-bond acceptors (Lipinski definition) is 2. The van der Waals surface area contributed by atoms with Crippen LogP contribution in [-0.2, 0) is 9.53 Å². The first-order chi connectivity index (χ1) is 4.44. The highest BCUT2D eigenvalue weighted by Crippen LogP contribution is 2.64. The van der Waals surface area contributed by atoms with E-state index in [-0.39, 0.29) is 5.97 Å². The van der Waals surface area contributed by atoms with Crippen molar-refractivity contribution in [2.24, 2.45) is 5.41 Å². The summed E-state index contributed by atoms with van der Waals surface area (Å²) in [7, 11) is 1.33. The summed E-state index contributed by atoms with van der Waals surface area (Å²) in [4.78, 5) is 10.9. The van der Waals surface area contributed by atoms with Crippen LogP contribution >= 0.6 is 23.2 Å². The molecule has 1 rings (SSSR count). The summed E-state index contributed by atoms with van der Waals surface area (Å²) in [6.07, 6.45) is 0.482. The largest absolute Gasteiger partial charge is 0.469 e. The van der Waals surface area contributed by atoms with Crippen LogP contribution in [0.3, 0.4) is 0 Å². The predicted molar refractivity (Wildman–Crippen MR) is 39.2 cm³/mol. The minimum absolute atomic E-state index is 0.336. The van der Waals surface area contributed by atoms with Gasteiger partial charge in [-0.15, -0.1) is 23.2 Å². The summed E-state index contributed by atoms with van der Waals surface area (Å²) in [5.41, 5.74) is -0.676. The molecule has 0 saturated heterocycles. The summed E-state index contributed by atoms with van der Waals surface area (Å²) in [5, 5.41) is 0. The standard InChI is InChI=1S/C6H8Cl2O2/c1-5(4(9)10-2)3-6(5,7)8/h3H2,1-2H3. The van der Waals surface area contributed by atoms with E-state index in [4.69, 9.17) is 23.2 Å². The average molecular weight is 183 g/mol. The minimum Gasteiger partial charge on any atom is -0.469 e. The van der Waals surface area contributed by atoms with Gasteiger partial charge in [0.2, 0.25) is 0 Å². The van der Waals surface area contributed by atoms with E-state index in [1.54, 1.807) is 6.92 Å². The highest BCUT2D eigenvalue weighted by molar-refractivity contribution is 6.53. The number of esters is 1. The molecule has 0 radical (unpaired) electrons. The van der Waals surface area contributed by atoms with Crippen LogP contribution in [0.1, 0.15) is 13.3 Å². The number of methoxy groups -OCH3 is 1. The molecule has 0 heterocycles. The third-order valence-corrected chi connectivity index (χ3v) is 3.00. The Balaban J connectivity index is 2.68. The summed E-state index contributed by atoms with van der Waals surface area (Å²) in [6, 6.07) is 0. The van der Waals surface area contributed by atoms with Gasteiger partial charge in [0.05, 0.1) is 7.11 Å². The monoisotopic (exact) mass is 182 g/mol. The molecule has 0 amide bonds. The van der Waals surface area contributed by atoms with Gasteiger partial charge in [-0.25, -0.2) is 0 Å². The van der Waals surface area contributed by atoms with E-state index >= 15 is 0 Å². The van der Waals surface area contributed by atoms with E-state index in [2.05, 4.69) is 4.74 Å². The second-order valence-corrected chi connectivity index (χ2v) is 4.19. The number of rotatable bonds is 1. The fraction of sp³-hybridized carbons (Fsp3) is 0.833. The molecule has 1 aliphatic rings. The van der Waals surface area contributed by atoms with Gasteiger partial charge >= 0.3 is 5.97 Å². The number of carbonyl (C=O) groups excluding carboxylic acids is 1. The average Bonchev–Trinajstić information content (AvgIpc) is 2.32. The Kier molecular flexibility index (Phi) is 1.64. The molecule has 0 aromatic heterocycles. The molecule has 0 N–H and O–H groups in total. The van der Waals surface area contributed by atoms with Gasteiger partial charge in [-0.05, 0) is 6.92 Å². The summed E-state index contributed by atoms with van der Waals surface area (Å²) in [5.74, 6) is -0.336. The lowest BCUT2D eigenvalue weighted by atomic mass is 10.1. The van der Waals surface area contributed by atoms with E-state index < -0.39 is 9.75 Å². The van der Waals surface area contributed by atoms with E-state index in [1.165, 1.54) is 7.11 Å². The molecule has 1 unspecified atom stereocenters. The van der Waals surface area contributed by atoms with Crippen molar-refractivity contribution in [3.05, 3.63) is 0 Å². The van der Waals surface area contributed by atoms with Crippen LogP contribution in [0.5, 0.6) is 0 Å². The molecular formula is C6H8Cl2O2. The molecule has 0 aliphatic heterocycles. The van der Waals surface area contributed by atoms with Crippen molar-refractivity contribution in [1.29, 1.82) is 0 Å². The van der Waals surface area contributed by atoms with Crippen LogP contribution in [0.4, 0.5) is 0 Å².